The van der Waals surface area contributed by atoms with E-state index in [2.05, 4.69) is 37.8 Å². The molecule has 1 aliphatic carbocycles. The summed E-state index contributed by atoms with van der Waals surface area (Å²) in [7, 11) is 0. The van der Waals surface area contributed by atoms with Crippen LogP contribution in [0, 0.1) is 17.2 Å². The van der Waals surface area contributed by atoms with Gasteiger partial charge in [-0.3, -0.25) is 4.79 Å². The molecule has 0 unspecified atom stereocenters. The third kappa shape index (κ3) is 4.62. The Labute approximate surface area is 181 Å². The van der Waals surface area contributed by atoms with E-state index in [9.17, 15) is 19.6 Å². The smallest absolute Gasteiger partial charge is 0.428 e. The zero-order valence-corrected chi connectivity index (χ0v) is 17.9. The van der Waals surface area contributed by atoms with Gasteiger partial charge in [-0.1, -0.05) is 15.9 Å². The van der Waals surface area contributed by atoms with Gasteiger partial charge < -0.3 is 15.2 Å². The summed E-state index contributed by atoms with van der Waals surface area (Å²) in [5.74, 6) is -2.28. The van der Waals surface area contributed by atoms with E-state index in [1.165, 1.54) is 0 Å². The fourth-order valence-corrected chi connectivity index (χ4v) is 4.53. The predicted molar refractivity (Wildman–Crippen MR) is 110 cm³/mol. The minimum Gasteiger partial charge on any atom is -0.474 e. The number of carbonyl (C=O) groups excluding carboxylic acids is 2. The van der Waals surface area contributed by atoms with Gasteiger partial charge in [0.05, 0.1) is 11.6 Å². The number of nitrogens with zero attached hydrogens (tertiary/aromatic N) is 2. The summed E-state index contributed by atoms with van der Waals surface area (Å²) in [5, 5.41) is 24.7. The fraction of sp³-hybridized carbons (Fsp3) is 0.450. The molecule has 1 saturated carbocycles. The van der Waals surface area contributed by atoms with Gasteiger partial charge in [0.2, 0.25) is 0 Å². The average Bonchev–Trinajstić information content (AvgIpc) is 2.70. The van der Waals surface area contributed by atoms with Crippen LogP contribution in [0.4, 0.5) is 4.79 Å². The summed E-state index contributed by atoms with van der Waals surface area (Å²) in [5.41, 5.74) is 3.19. The monoisotopic (exact) mass is 476 g/mol. The second kappa shape index (κ2) is 8.83. The first-order valence-corrected chi connectivity index (χ1v) is 10.3. The minimum atomic E-state index is -1.50. The highest BCUT2D eigenvalue weighted by Crippen LogP contribution is 2.41. The van der Waals surface area contributed by atoms with Crippen molar-refractivity contribution >= 4 is 39.6 Å². The molecule has 2 amide bonds. The molecular formula is C20H21BrN4O5. The maximum absolute atomic E-state index is 12.0. The van der Waals surface area contributed by atoms with Crippen molar-refractivity contribution in [2.45, 2.75) is 50.7 Å². The molecule has 1 aromatic carbocycles. The van der Waals surface area contributed by atoms with Crippen LogP contribution in [-0.4, -0.2) is 40.4 Å². The van der Waals surface area contributed by atoms with E-state index in [1.54, 1.807) is 25.1 Å². The van der Waals surface area contributed by atoms with Crippen molar-refractivity contribution in [3.05, 3.63) is 33.8 Å². The molecule has 1 spiro atoms. The standard InChI is InChI=1S/C20H21BrN4O5/c1-11(23-17(26)18(27)28)8-12-4-6-20(7-5-12)16(24-25-19(29)30-20)14-9-13(10-22)2-3-15(14)21/h2-3,9,11-12H,4-8H2,1H3,(H,23,26)(H,25,29)(H,27,28)/t11-,12?,20?/m0/s1. The van der Waals surface area contributed by atoms with Gasteiger partial charge in [0.15, 0.2) is 5.60 Å². The quantitative estimate of drug-likeness (QED) is 0.570. The van der Waals surface area contributed by atoms with Crippen molar-refractivity contribution in [3.63, 3.8) is 0 Å². The molecule has 0 bridgehead atoms. The van der Waals surface area contributed by atoms with E-state index in [0.29, 0.717) is 36.1 Å². The van der Waals surface area contributed by atoms with Crippen molar-refractivity contribution in [2.24, 2.45) is 11.0 Å². The Morgan fingerprint density at radius 2 is 2.17 bits per heavy atom. The molecule has 2 aliphatic rings. The lowest BCUT2D eigenvalue weighted by Gasteiger charge is -2.42. The lowest BCUT2D eigenvalue weighted by atomic mass is 9.72. The Bertz CT molecular complexity index is 947. The number of hydrogen-bond donors (Lipinski definition) is 3. The molecule has 0 radical (unpaired) electrons. The van der Waals surface area contributed by atoms with Crippen LogP contribution < -0.4 is 10.7 Å². The second-order valence-electron chi connectivity index (χ2n) is 7.62. The number of nitriles is 1. The van der Waals surface area contributed by atoms with Gasteiger partial charge in [-0.25, -0.2) is 15.0 Å². The Hall–Kier alpha value is -2.93. The van der Waals surface area contributed by atoms with Gasteiger partial charge >= 0.3 is 18.0 Å². The molecule has 1 heterocycles. The van der Waals surface area contributed by atoms with Gasteiger partial charge in [0, 0.05) is 16.1 Å². The van der Waals surface area contributed by atoms with Crippen LogP contribution in [0.1, 0.15) is 50.2 Å². The van der Waals surface area contributed by atoms with E-state index >= 15 is 0 Å². The van der Waals surface area contributed by atoms with E-state index in [0.717, 1.165) is 17.3 Å². The molecule has 1 aliphatic heterocycles. The number of rotatable bonds is 4. The highest BCUT2D eigenvalue weighted by Gasteiger charge is 2.46. The summed E-state index contributed by atoms with van der Waals surface area (Å²) in [6.45, 7) is 1.77. The molecule has 1 atom stereocenters. The largest absolute Gasteiger partial charge is 0.474 e. The molecule has 3 N–H and O–H groups in total. The third-order valence-electron chi connectivity index (χ3n) is 5.50. The molecule has 10 heteroatoms. The lowest BCUT2D eigenvalue weighted by Crippen LogP contribution is -2.52. The number of carboxylic acid groups (broad SMARTS) is 1. The van der Waals surface area contributed by atoms with Crippen LogP contribution in [0.5, 0.6) is 0 Å². The van der Waals surface area contributed by atoms with Gasteiger partial charge in [0.1, 0.15) is 5.71 Å². The number of carboxylic acids is 1. The van der Waals surface area contributed by atoms with E-state index < -0.39 is 23.6 Å². The van der Waals surface area contributed by atoms with Crippen LogP contribution in [0.15, 0.2) is 27.8 Å². The molecule has 30 heavy (non-hydrogen) atoms. The van der Waals surface area contributed by atoms with E-state index in [1.807, 2.05) is 0 Å². The maximum Gasteiger partial charge on any atom is 0.428 e. The molecule has 1 aromatic rings. The fourth-order valence-electron chi connectivity index (χ4n) is 4.10. The number of ether oxygens (including phenoxy) is 1. The normalized spacial score (nSPS) is 24.1. The van der Waals surface area contributed by atoms with Crippen molar-refractivity contribution in [3.8, 4) is 6.07 Å². The van der Waals surface area contributed by atoms with Crippen LogP contribution >= 0.6 is 15.9 Å². The molecular weight excluding hydrogens is 456 g/mol. The zero-order chi connectivity index (χ0) is 21.9. The highest BCUT2D eigenvalue weighted by atomic mass is 79.9. The van der Waals surface area contributed by atoms with Crippen molar-refractivity contribution in [1.82, 2.24) is 10.7 Å². The minimum absolute atomic E-state index is 0.239. The number of nitrogens with one attached hydrogen (secondary N) is 2. The molecule has 1 fully saturated rings. The summed E-state index contributed by atoms with van der Waals surface area (Å²) in [6, 6.07) is 6.99. The van der Waals surface area contributed by atoms with Crippen molar-refractivity contribution in [2.75, 3.05) is 0 Å². The molecule has 0 saturated heterocycles. The van der Waals surface area contributed by atoms with Gasteiger partial charge in [0.25, 0.3) is 0 Å². The summed E-state index contributed by atoms with van der Waals surface area (Å²) < 4.78 is 6.47. The van der Waals surface area contributed by atoms with Gasteiger partial charge in [-0.05, 0) is 63.1 Å². The first kappa shape index (κ1) is 21.8. The first-order valence-electron chi connectivity index (χ1n) is 9.55. The van der Waals surface area contributed by atoms with Gasteiger partial charge in [-0.2, -0.15) is 10.4 Å². The van der Waals surface area contributed by atoms with Crippen LogP contribution in [0.2, 0.25) is 0 Å². The molecule has 0 aromatic heterocycles. The number of benzene rings is 1. The first-order chi connectivity index (χ1) is 14.2. The van der Waals surface area contributed by atoms with Crippen LogP contribution in [-0.2, 0) is 14.3 Å². The number of aliphatic carboxylic acids is 1. The number of amides is 2. The van der Waals surface area contributed by atoms with E-state index in [4.69, 9.17) is 9.84 Å². The lowest BCUT2D eigenvalue weighted by molar-refractivity contribution is -0.150. The maximum atomic E-state index is 12.0. The number of carbonyl (C=O) groups is 3. The Balaban J connectivity index is 1.76. The number of hydrazone groups is 1. The zero-order valence-electron chi connectivity index (χ0n) is 16.3. The molecule has 9 nitrogen and oxygen atoms in total. The predicted octanol–water partition coefficient (Wildman–Crippen LogP) is 2.67. The summed E-state index contributed by atoms with van der Waals surface area (Å²) in [6.07, 6.45) is 2.51. The van der Waals surface area contributed by atoms with Crippen LogP contribution in [0.3, 0.4) is 0 Å². The number of halogens is 1. The Morgan fingerprint density at radius 1 is 1.47 bits per heavy atom. The Kier molecular flexibility index (Phi) is 6.41. The van der Waals surface area contributed by atoms with E-state index in [-0.39, 0.29) is 12.0 Å². The topological polar surface area (TPSA) is 141 Å². The highest BCUT2D eigenvalue weighted by molar-refractivity contribution is 9.10. The third-order valence-corrected chi connectivity index (χ3v) is 6.19. The Morgan fingerprint density at radius 3 is 2.80 bits per heavy atom. The average molecular weight is 477 g/mol. The second-order valence-corrected chi connectivity index (χ2v) is 8.48. The van der Waals surface area contributed by atoms with Crippen molar-refractivity contribution < 1.29 is 24.2 Å². The van der Waals surface area contributed by atoms with Gasteiger partial charge in [-0.15, -0.1) is 0 Å². The molecule has 158 valence electrons. The summed E-state index contributed by atoms with van der Waals surface area (Å²) >= 11 is 3.49. The van der Waals surface area contributed by atoms with Crippen LogP contribution in [0.25, 0.3) is 0 Å². The number of hydrogen-bond acceptors (Lipinski definition) is 6. The molecule has 3 rings (SSSR count). The van der Waals surface area contributed by atoms with Crippen molar-refractivity contribution in [1.29, 1.82) is 5.26 Å². The SMILES string of the molecule is C[C@@H](CC1CCC2(CC1)OC(=O)NN=C2c1cc(C#N)ccc1Br)NC(=O)C(=O)O. The summed E-state index contributed by atoms with van der Waals surface area (Å²) in [4.78, 5) is 34.0.